The van der Waals surface area contributed by atoms with E-state index in [9.17, 15) is 4.79 Å². The molecule has 0 bridgehead atoms. The van der Waals surface area contributed by atoms with Gasteiger partial charge in [0.1, 0.15) is 6.54 Å². The number of aliphatic imine (C=N–C) groups is 1. The molecule has 150 valence electrons. The number of carbonyl (C=O) groups excluding carboxylic acids is 1. The third-order valence-corrected chi connectivity index (χ3v) is 6.15. The van der Waals surface area contributed by atoms with E-state index >= 15 is 0 Å². The van der Waals surface area contributed by atoms with Gasteiger partial charge in [0.05, 0.1) is 18.2 Å². The maximum Gasteiger partial charge on any atom is 0.243 e. The molecule has 3 rings (SSSR count). The Morgan fingerprint density at radius 1 is 1.48 bits per heavy atom. The molecule has 27 heavy (non-hydrogen) atoms. The minimum absolute atomic E-state index is 0.0208. The summed E-state index contributed by atoms with van der Waals surface area (Å²) >= 11 is 1.71. The Bertz CT molecular complexity index is 641. The summed E-state index contributed by atoms with van der Waals surface area (Å²) in [7, 11) is 3.49. The van der Waals surface area contributed by atoms with Crippen molar-refractivity contribution in [3.8, 4) is 0 Å². The van der Waals surface area contributed by atoms with Crippen LogP contribution in [0, 0.1) is 0 Å². The molecule has 8 heteroatoms. The zero-order valence-corrected chi connectivity index (χ0v) is 17.2. The topological polar surface area (TPSA) is 75.2 Å². The van der Waals surface area contributed by atoms with Crippen LogP contribution in [-0.2, 0) is 14.3 Å². The molecule has 0 aliphatic carbocycles. The summed E-state index contributed by atoms with van der Waals surface area (Å²) in [5, 5.41) is 9.04. The van der Waals surface area contributed by atoms with Crippen LogP contribution in [0.3, 0.4) is 0 Å². The normalized spacial score (nSPS) is 26.8. The molecule has 1 spiro atoms. The van der Waals surface area contributed by atoms with Gasteiger partial charge in [0.25, 0.3) is 0 Å². The van der Waals surface area contributed by atoms with Crippen LogP contribution in [0.4, 0.5) is 0 Å². The Labute approximate surface area is 165 Å². The minimum Gasteiger partial charge on any atom is -0.378 e. The highest BCUT2D eigenvalue weighted by Crippen LogP contribution is 2.32. The van der Waals surface area contributed by atoms with E-state index in [0.29, 0.717) is 19.2 Å². The summed E-state index contributed by atoms with van der Waals surface area (Å²) < 4.78 is 11.6. The Hall–Kier alpha value is -1.64. The molecule has 3 unspecified atom stereocenters. The van der Waals surface area contributed by atoms with E-state index in [1.54, 1.807) is 30.3 Å². The predicted molar refractivity (Wildman–Crippen MR) is 107 cm³/mol. The van der Waals surface area contributed by atoms with Crippen molar-refractivity contribution in [3.63, 3.8) is 0 Å². The first-order valence-corrected chi connectivity index (χ1v) is 10.4. The average Bonchev–Trinajstić information content (AvgIpc) is 3.32. The maximum absolute atomic E-state index is 12.0. The molecule has 2 aliphatic heterocycles. The zero-order chi connectivity index (χ0) is 19.3. The predicted octanol–water partition coefficient (Wildman–Crippen LogP) is 1.77. The van der Waals surface area contributed by atoms with Crippen molar-refractivity contribution in [2.75, 3.05) is 40.5 Å². The number of guanidine groups is 1. The second-order valence-electron chi connectivity index (χ2n) is 7.50. The van der Waals surface area contributed by atoms with Gasteiger partial charge in [-0.2, -0.15) is 0 Å². The number of nitrogens with one attached hydrogen (secondary N) is 2. The highest BCUT2D eigenvalue weighted by Gasteiger charge is 2.41. The molecule has 1 aromatic rings. The molecule has 0 radical (unpaired) electrons. The van der Waals surface area contributed by atoms with Crippen molar-refractivity contribution in [1.29, 1.82) is 0 Å². The van der Waals surface area contributed by atoms with Crippen molar-refractivity contribution >= 4 is 23.2 Å². The lowest BCUT2D eigenvalue weighted by atomic mass is 9.90. The average molecular weight is 395 g/mol. The molecule has 7 nitrogen and oxygen atoms in total. The zero-order valence-electron chi connectivity index (χ0n) is 16.4. The standard InChI is InChI=1S/C19H30N4O3S/c1-14(16-5-4-10-27-16)21-18(20-12-17(24)23(2)3)22-15-6-8-26-19(11-15)7-9-25-13-19/h4-5,10,14-15H,6-9,11-13H2,1-3H3,(H2,20,21,22). The number of rotatable bonds is 5. The molecule has 3 atom stereocenters. The molecular formula is C19H30N4O3S. The van der Waals surface area contributed by atoms with Gasteiger partial charge in [-0.1, -0.05) is 6.07 Å². The summed E-state index contributed by atoms with van der Waals surface area (Å²) in [6, 6.07) is 4.51. The van der Waals surface area contributed by atoms with Gasteiger partial charge < -0.3 is 25.0 Å². The monoisotopic (exact) mass is 394 g/mol. The number of nitrogens with zero attached hydrogens (tertiary/aromatic N) is 2. The molecular weight excluding hydrogens is 364 g/mol. The van der Waals surface area contributed by atoms with Gasteiger partial charge in [-0.15, -0.1) is 11.3 Å². The van der Waals surface area contributed by atoms with Crippen LogP contribution in [0.1, 0.15) is 37.1 Å². The van der Waals surface area contributed by atoms with Gasteiger partial charge in [-0.25, -0.2) is 4.99 Å². The first-order chi connectivity index (χ1) is 13.0. The van der Waals surface area contributed by atoms with Gasteiger partial charge in [0.2, 0.25) is 5.91 Å². The van der Waals surface area contributed by atoms with Crippen LogP contribution in [0.15, 0.2) is 22.5 Å². The summed E-state index contributed by atoms with van der Waals surface area (Å²) in [6.07, 6.45) is 2.75. The second-order valence-corrected chi connectivity index (χ2v) is 8.48. The first kappa shape index (κ1) is 20.1. The molecule has 0 saturated carbocycles. The van der Waals surface area contributed by atoms with Crippen LogP contribution >= 0.6 is 11.3 Å². The Kier molecular flexibility index (Phi) is 6.73. The summed E-state index contributed by atoms with van der Waals surface area (Å²) in [5.41, 5.74) is -0.167. The quantitative estimate of drug-likeness (QED) is 0.588. The van der Waals surface area contributed by atoms with Crippen molar-refractivity contribution in [2.24, 2.45) is 4.99 Å². The Morgan fingerprint density at radius 2 is 2.33 bits per heavy atom. The van der Waals surface area contributed by atoms with Crippen LogP contribution in [0.2, 0.25) is 0 Å². The van der Waals surface area contributed by atoms with E-state index < -0.39 is 0 Å². The van der Waals surface area contributed by atoms with E-state index in [-0.39, 0.29) is 30.1 Å². The van der Waals surface area contributed by atoms with E-state index in [4.69, 9.17) is 9.47 Å². The lowest BCUT2D eigenvalue weighted by Gasteiger charge is -2.38. The first-order valence-electron chi connectivity index (χ1n) is 9.50. The molecule has 2 saturated heterocycles. The fraction of sp³-hybridized carbons (Fsp3) is 0.684. The fourth-order valence-electron chi connectivity index (χ4n) is 3.44. The number of hydrogen-bond donors (Lipinski definition) is 2. The summed E-state index contributed by atoms with van der Waals surface area (Å²) in [4.78, 5) is 19.3. The van der Waals surface area contributed by atoms with Crippen LogP contribution < -0.4 is 10.6 Å². The van der Waals surface area contributed by atoms with Crippen molar-refractivity contribution in [3.05, 3.63) is 22.4 Å². The number of ether oxygens (including phenoxy) is 2. The largest absolute Gasteiger partial charge is 0.378 e. The van der Waals surface area contributed by atoms with Crippen molar-refractivity contribution in [2.45, 2.75) is 43.9 Å². The van der Waals surface area contributed by atoms with E-state index in [1.165, 1.54) is 4.88 Å². The molecule has 0 aromatic carbocycles. The van der Waals surface area contributed by atoms with Crippen LogP contribution in [0.5, 0.6) is 0 Å². The Balaban J connectivity index is 1.66. The highest BCUT2D eigenvalue weighted by molar-refractivity contribution is 7.10. The minimum atomic E-state index is -0.167. The number of hydrogen-bond acceptors (Lipinski definition) is 5. The van der Waals surface area contributed by atoms with Gasteiger partial charge in [-0.3, -0.25) is 4.79 Å². The second kappa shape index (κ2) is 9.03. The highest BCUT2D eigenvalue weighted by atomic mass is 32.1. The molecule has 3 heterocycles. The smallest absolute Gasteiger partial charge is 0.243 e. The van der Waals surface area contributed by atoms with Gasteiger partial charge >= 0.3 is 0 Å². The van der Waals surface area contributed by atoms with E-state index in [1.807, 2.05) is 6.07 Å². The third-order valence-electron chi connectivity index (χ3n) is 5.10. The molecule has 1 aromatic heterocycles. The maximum atomic E-state index is 12.0. The molecule has 1 amide bonds. The van der Waals surface area contributed by atoms with Gasteiger partial charge in [-0.05, 0) is 31.2 Å². The summed E-state index contributed by atoms with van der Waals surface area (Å²) in [5.74, 6) is 0.652. The number of thiophene rings is 1. The molecule has 2 N–H and O–H groups in total. The summed E-state index contributed by atoms with van der Waals surface area (Å²) in [6.45, 7) is 4.37. The lowest BCUT2D eigenvalue weighted by Crippen LogP contribution is -2.52. The van der Waals surface area contributed by atoms with Gasteiger partial charge in [0.15, 0.2) is 5.96 Å². The van der Waals surface area contributed by atoms with E-state index in [0.717, 1.165) is 25.9 Å². The van der Waals surface area contributed by atoms with Gasteiger partial charge in [0, 0.05) is 44.6 Å². The molecule has 2 aliphatic rings. The Morgan fingerprint density at radius 3 is 3.00 bits per heavy atom. The third kappa shape index (κ3) is 5.43. The van der Waals surface area contributed by atoms with E-state index in [2.05, 4.69) is 34.0 Å². The SMILES string of the molecule is CC(NC(=NCC(=O)N(C)C)NC1CCOC2(CCOC2)C1)c1cccs1. The number of carbonyl (C=O) groups is 1. The fourth-order valence-corrected chi connectivity index (χ4v) is 4.18. The van der Waals surface area contributed by atoms with Crippen LogP contribution in [-0.4, -0.2) is 68.9 Å². The van der Waals surface area contributed by atoms with Crippen LogP contribution in [0.25, 0.3) is 0 Å². The van der Waals surface area contributed by atoms with Crippen molar-refractivity contribution in [1.82, 2.24) is 15.5 Å². The van der Waals surface area contributed by atoms with Crippen molar-refractivity contribution < 1.29 is 14.3 Å². The number of amides is 1. The lowest BCUT2D eigenvalue weighted by molar-refractivity contribution is -0.127. The number of likely N-dealkylation sites (N-methyl/N-ethyl adjacent to an activating group) is 1. The molecule has 2 fully saturated rings.